The second-order valence-corrected chi connectivity index (χ2v) is 7.04. The Morgan fingerprint density at radius 1 is 1.17 bits per heavy atom. The Morgan fingerprint density at radius 2 is 1.79 bits per heavy atom. The van der Waals surface area contributed by atoms with Crippen LogP contribution in [0.1, 0.15) is 39.2 Å². The van der Waals surface area contributed by atoms with Gasteiger partial charge in [-0.3, -0.25) is 14.4 Å². The summed E-state index contributed by atoms with van der Waals surface area (Å²) < 4.78 is 5.30. The zero-order valence-corrected chi connectivity index (χ0v) is 14.2. The number of amides is 1. The van der Waals surface area contributed by atoms with Crippen LogP contribution in [0.4, 0.5) is 5.69 Å². The van der Waals surface area contributed by atoms with Crippen molar-refractivity contribution < 1.29 is 24.2 Å². The van der Waals surface area contributed by atoms with Crippen LogP contribution in [0.2, 0.25) is 0 Å². The van der Waals surface area contributed by atoms with Crippen LogP contribution in [-0.4, -0.2) is 28.6 Å². The highest BCUT2D eigenvalue weighted by atomic mass is 16.6. The number of aliphatic carboxylic acids is 1. The van der Waals surface area contributed by atoms with Crippen molar-refractivity contribution >= 4 is 23.5 Å². The molecular formula is C18H23NO5. The molecule has 0 bridgehead atoms. The number of ether oxygens (including phenoxy) is 1. The summed E-state index contributed by atoms with van der Waals surface area (Å²) in [5.41, 5.74) is 0.589. The Kier molecular flexibility index (Phi) is 5.26. The first-order valence-corrected chi connectivity index (χ1v) is 8.01. The van der Waals surface area contributed by atoms with Crippen molar-refractivity contribution in [2.45, 2.75) is 45.6 Å². The van der Waals surface area contributed by atoms with Gasteiger partial charge in [0.2, 0.25) is 5.91 Å². The number of nitrogens with one attached hydrogen (secondary N) is 1. The summed E-state index contributed by atoms with van der Waals surface area (Å²) in [6, 6.07) is 6.98. The lowest BCUT2D eigenvalue weighted by Gasteiger charge is -2.32. The summed E-state index contributed by atoms with van der Waals surface area (Å²) in [6.45, 7) is 5.38. The van der Waals surface area contributed by atoms with Crippen molar-refractivity contribution in [3.05, 3.63) is 29.8 Å². The van der Waals surface area contributed by atoms with Gasteiger partial charge in [0.25, 0.3) is 0 Å². The Hall–Kier alpha value is -2.37. The van der Waals surface area contributed by atoms with E-state index in [1.165, 1.54) is 0 Å². The molecule has 2 atom stereocenters. The maximum absolute atomic E-state index is 12.3. The third-order valence-electron chi connectivity index (χ3n) is 3.96. The topological polar surface area (TPSA) is 92.7 Å². The Labute approximate surface area is 141 Å². The largest absolute Gasteiger partial charge is 0.481 e. The molecule has 24 heavy (non-hydrogen) atoms. The molecule has 1 amide bonds. The number of carboxylic acids is 1. The van der Waals surface area contributed by atoms with E-state index < -0.39 is 23.4 Å². The number of para-hydroxylation sites is 1. The zero-order valence-electron chi connectivity index (χ0n) is 14.2. The Bertz CT molecular complexity index is 647. The van der Waals surface area contributed by atoms with Crippen LogP contribution in [0, 0.1) is 11.8 Å². The van der Waals surface area contributed by atoms with Gasteiger partial charge in [-0.05, 0) is 45.2 Å². The molecule has 1 aliphatic rings. The molecule has 0 saturated heterocycles. The molecular weight excluding hydrogens is 310 g/mol. The molecule has 1 aliphatic carbocycles. The minimum atomic E-state index is -0.941. The van der Waals surface area contributed by atoms with Crippen LogP contribution >= 0.6 is 0 Å². The summed E-state index contributed by atoms with van der Waals surface area (Å²) in [6.07, 6.45) is 1.13. The first kappa shape index (κ1) is 18.0. The van der Waals surface area contributed by atoms with Crippen molar-refractivity contribution in [3.63, 3.8) is 0 Å². The third kappa shape index (κ3) is 4.57. The molecule has 0 heterocycles. The molecule has 6 nitrogen and oxygen atoms in total. The minimum absolute atomic E-state index is 0.0424. The van der Waals surface area contributed by atoms with Gasteiger partial charge in [-0.15, -0.1) is 0 Å². The van der Waals surface area contributed by atoms with E-state index in [0.717, 1.165) is 0 Å². The first-order valence-electron chi connectivity index (χ1n) is 8.01. The number of carbonyl (C=O) groups is 3. The summed E-state index contributed by atoms with van der Waals surface area (Å²) >= 11 is 0. The first-order chi connectivity index (χ1) is 11.2. The van der Waals surface area contributed by atoms with Crippen LogP contribution < -0.4 is 5.32 Å². The zero-order chi connectivity index (χ0) is 17.9. The molecule has 6 heteroatoms. The fourth-order valence-corrected chi connectivity index (χ4v) is 2.66. The van der Waals surface area contributed by atoms with Gasteiger partial charge < -0.3 is 15.2 Å². The van der Waals surface area contributed by atoms with Crippen LogP contribution in [0.5, 0.6) is 0 Å². The molecule has 2 unspecified atom stereocenters. The molecule has 1 aromatic carbocycles. The second-order valence-electron chi connectivity index (χ2n) is 7.04. The monoisotopic (exact) mass is 333 g/mol. The van der Waals surface area contributed by atoms with Crippen LogP contribution in [0.25, 0.3) is 0 Å². The van der Waals surface area contributed by atoms with E-state index in [-0.39, 0.29) is 18.3 Å². The summed E-state index contributed by atoms with van der Waals surface area (Å²) in [5, 5.41) is 11.8. The number of esters is 1. The number of carboxylic acid groups (broad SMARTS) is 1. The molecule has 2 N–H and O–H groups in total. The van der Waals surface area contributed by atoms with Gasteiger partial charge in [0.15, 0.2) is 0 Å². The van der Waals surface area contributed by atoms with Crippen LogP contribution in [0.15, 0.2) is 24.3 Å². The van der Waals surface area contributed by atoms with Crippen molar-refractivity contribution in [2.24, 2.45) is 11.8 Å². The maximum atomic E-state index is 12.3. The van der Waals surface area contributed by atoms with Gasteiger partial charge >= 0.3 is 11.9 Å². The molecule has 0 aromatic heterocycles. The smallest absolute Gasteiger partial charge is 0.310 e. The molecule has 130 valence electrons. The van der Waals surface area contributed by atoms with Crippen molar-refractivity contribution in [1.82, 2.24) is 0 Å². The molecule has 2 rings (SSSR count). The predicted octanol–water partition coefficient (Wildman–Crippen LogP) is 2.62. The third-order valence-corrected chi connectivity index (χ3v) is 3.96. The van der Waals surface area contributed by atoms with E-state index in [1.54, 1.807) is 45.0 Å². The molecule has 0 radical (unpaired) electrons. The molecule has 0 aliphatic heterocycles. The molecule has 1 fully saturated rings. The second kappa shape index (κ2) is 7.03. The van der Waals surface area contributed by atoms with Crippen molar-refractivity contribution in [1.29, 1.82) is 0 Å². The van der Waals surface area contributed by atoms with E-state index >= 15 is 0 Å². The fourth-order valence-electron chi connectivity index (χ4n) is 2.66. The van der Waals surface area contributed by atoms with Crippen molar-refractivity contribution in [3.8, 4) is 0 Å². The highest BCUT2D eigenvalue weighted by Crippen LogP contribution is 2.35. The van der Waals surface area contributed by atoms with Gasteiger partial charge in [0, 0.05) is 5.69 Å². The van der Waals surface area contributed by atoms with E-state index in [1.807, 2.05) is 0 Å². The number of hydrogen-bond acceptors (Lipinski definition) is 4. The van der Waals surface area contributed by atoms with E-state index in [9.17, 15) is 14.4 Å². The van der Waals surface area contributed by atoms with Gasteiger partial charge in [-0.2, -0.15) is 0 Å². The number of benzene rings is 1. The van der Waals surface area contributed by atoms with Crippen LogP contribution in [0.3, 0.4) is 0 Å². The highest BCUT2D eigenvalue weighted by molar-refractivity contribution is 5.97. The number of carbonyl (C=O) groups excluding carboxylic acids is 2. The van der Waals surface area contributed by atoms with E-state index in [2.05, 4.69) is 5.32 Å². The SMILES string of the molecule is CC(C)(C)OC(=O)Cc1ccccc1NC(=O)C1CCC1C(=O)O. The quantitative estimate of drug-likeness (QED) is 0.808. The van der Waals surface area contributed by atoms with Crippen molar-refractivity contribution in [2.75, 3.05) is 5.32 Å². The van der Waals surface area contributed by atoms with Gasteiger partial charge in [0.05, 0.1) is 18.3 Å². The lowest BCUT2D eigenvalue weighted by atomic mass is 9.73. The average Bonchev–Trinajstić information content (AvgIpc) is 2.36. The summed E-state index contributed by atoms with van der Waals surface area (Å²) in [5.74, 6) is -2.77. The van der Waals surface area contributed by atoms with Gasteiger partial charge in [-0.1, -0.05) is 18.2 Å². The summed E-state index contributed by atoms with van der Waals surface area (Å²) in [7, 11) is 0. The maximum Gasteiger partial charge on any atom is 0.310 e. The normalized spacial score (nSPS) is 20.0. The number of rotatable bonds is 5. The predicted molar refractivity (Wildman–Crippen MR) is 88.5 cm³/mol. The molecule has 1 aromatic rings. The average molecular weight is 333 g/mol. The van der Waals surface area contributed by atoms with Gasteiger partial charge in [-0.25, -0.2) is 0 Å². The lowest BCUT2D eigenvalue weighted by Crippen LogP contribution is -2.41. The van der Waals surface area contributed by atoms with Crippen LogP contribution in [-0.2, 0) is 25.5 Å². The Balaban J connectivity index is 2.05. The molecule has 1 saturated carbocycles. The van der Waals surface area contributed by atoms with E-state index in [4.69, 9.17) is 9.84 Å². The number of hydrogen-bond donors (Lipinski definition) is 2. The fraction of sp³-hybridized carbons (Fsp3) is 0.500. The number of anilines is 1. The highest BCUT2D eigenvalue weighted by Gasteiger charge is 2.41. The molecule has 0 spiro atoms. The minimum Gasteiger partial charge on any atom is -0.481 e. The Morgan fingerprint density at radius 3 is 2.33 bits per heavy atom. The van der Waals surface area contributed by atoms with Gasteiger partial charge in [0.1, 0.15) is 5.60 Å². The van der Waals surface area contributed by atoms with E-state index in [0.29, 0.717) is 24.1 Å². The summed E-state index contributed by atoms with van der Waals surface area (Å²) in [4.78, 5) is 35.3. The standard InChI is InChI=1S/C18H23NO5/c1-18(2,3)24-15(20)10-11-6-4-5-7-14(11)19-16(21)12-8-9-13(12)17(22)23/h4-7,12-13H,8-10H2,1-3H3,(H,19,21)(H,22,23). The lowest BCUT2D eigenvalue weighted by molar-refractivity contribution is -0.154.